The highest BCUT2D eigenvalue weighted by molar-refractivity contribution is 5.54. The van der Waals surface area contributed by atoms with Gasteiger partial charge in [0, 0.05) is 0 Å². The van der Waals surface area contributed by atoms with Gasteiger partial charge in [-0.3, -0.25) is 0 Å². The largest absolute Gasteiger partial charge is 0.497 e. The number of imidazole rings is 1. The molecule has 2 rings (SSSR count). The first-order chi connectivity index (χ1) is 7.22. The van der Waals surface area contributed by atoms with E-state index < -0.39 is 0 Å². The predicted molar refractivity (Wildman–Crippen MR) is 58.6 cm³/mol. The van der Waals surface area contributed by atoms with Crippen molar-refractivity contribution in [2.24, 2.45) is 14.1 Å². The van der Waals surface area contributed by atoms with Crippen molar-refractivity contribution in [1.82, 2.24) is 4.57 Å². The molecule has 1 aromatic carbocycles. The highest BCUT2D eigenvalue weighted by atomic mass is 16.5. The fourth-order valence-electron chi connectivity index (χ4n) is 1.74. The number of rotatable bonds is 2. The van der Waals surface area contributed by atoms with Crippen LogP contribution in [0.3, 0.4) is 0 Å². The van der Waals surface area contributed by atoms with Crippen molar-refractivity contribution in [2.45, 2.75) is 0 Å². The minimum Gasteiger partial charge on any atom is -0.497 e. The van der Waals surface area contributed by atoms with Crippen LogP contribution in [0.25, 0.3) is 11.4 Å². The molecular formula is C12H15N2O+. The number of ether oxygens (including phenoxy) is 1. The van der Waals surface area contributed by atoms with Gasteiger partial charge < -0.3 is 4.74 Å². The van der Waals surface area contributed by atoms with Crippen molar-refractivity contribution >= 4 is 0 Å². The third-order valence-corrected chi connectivity index (χ3v) is 2.53. The van der Waals surface area contributed by atoms with E-state index in [-0.39, 0.29) is 0 Å². The van der Waals surface area contributed by atoms with Crippen LogP contribution < -0.4 is 9.30 Å². The number of methoxy groups -OCH3 is 1. The highest BCUT2D eigenvalue weighted by Crippen LogP contribution is 2.18. The fourth-order valence-corrected chi connectivity index (χ4v) is 1.74. The Morgan fingerprint density at radius 1 is 1.20 bits per heavy atom. The van der Waals surface area contributed by atoms with Gasteiger partial charge in [-0.05, 0) is 24.3 Å². The van der Waals surface area contributed by atoms with Crippen LogP contribution in [0.15, 0.2) is 36.7 Å². The lowest BCUT2D eigenvalue weighted by atomic mass is 10.2. The van der Waals surface area contributed by atoms with Crippen molar-refractivity contribution in [3.05, 3.63) is 36.7 Å². The second kappa shape index (κ2) is 3.77. The quantitative estimate of drug-likeness (QED) is 0.677. The molecule has 0 atom stereocenters. The van der Waals surface area contributed by atoms with E-state index in [4.69, 9.17) is 4.74 Å². The van der Waals surface area contributed by atoms with Crippen molar-refractivity contribution in [2.75, 3.05) is 7.11 Å². The van der Waals surface area contributed by atoms with Gasteiger partial charge in [0.2, 0.25) is 0 Å². The normalized spacial score (nSPS) is 10.3. The maximum absolute atomic E-state index is 5.13. The summed E-state index contributed by atoms with van der Waals surface area (Å²) in [6, 6.07) is 8.08. The first kappa shape index (κ1) is 9.77. The lowest BCUT2D eigenvalue weighted by molar-refractivity contribution is -0.659. The van der Waals surface area contributed by atoms with Crippen molar-refractivity contribution < 1.29 is 9.30 Å². The van der Waals surface area contributed by atoms with Crippen molar-refractivity contribution in [3.63, 3.8) is 0 Å². The molecule has 0 unspecified atom stereocenters. The number of benzene rings is 1. The summed E-state index contributed by atoms with van der Waals surface area (Å²) in [6.45, 7) is 0. The molecule has 78 valence electrons. The maximum atomic E-state index is 5.13. The minimum atomic E-state index is 0.885. The Morgan fingerprint density at radius 3 is 2.33 bits per heavy atom. The Balaban J connectivity index is 2.45. The molecule has 0 N–H and O–H groups in total. The molecule has 0 aliphatic rings. The summed E-state index contributed by atoms with van der Waals surface area (Å²) in [6.07, 6.45) is 4.08. The molecule has 1 aromatic heterocycles. The van der Waals surface area contributed by atoms with Gasteiger partial charge in [-0.2, -0.15) is 0 Å². The molecule has 3 nitrogen and oxygen atoms in total. The van der Waals surface area contributed by atoms with Crippen LogP contribution in [0, 0.1) is 0 Å². The molecule has 0 saturated carbocycles. The molecule has 0 aliphatic heterocycles. The van der Waals surface area contributed by atoms with E-state index in [1.54, 1.807) is 7.11 Å². The number of aryl methyl sites for hydroxylation is 2. The van der Waals surface area contributed by atoms with Gasteiger partial charge in [-0.1, -0.05) is 0 Å². The van der Waals surface area contributed by atoms with Crippen LogP contribution in [-0.2, 0) is 14.1 Å². The van der Waals surface area contributed by atoms with E-state index in [0.29, 0.717) is 0 Å². The van der Waals surface area contributed by atoms with E-state index in [9.17, 15) is 0 Å². The van der Waals surface area contributed by atoms with Crippen LogP contribution in [0.5, 0.6) is 5.75 Å². The van der Waals surface area contributed by atoms with Crippen LogP contribution in [0.4, 0.5) is 0 Å². The summed E-state index contributed by atoms with van der Waals surface area (Å²) in [5.74, 6) is 2.06. The molecule has 3 heteroatoms. The first-order valence-electron chi connectivity index (χ1n) is 4.88. The minimum absolute atomic E-state index is 0.885. The van der Waals surface area contributed by atoms with Gasteiger partial charge in [-0.15, -0.1) is 0 Å². The second-order valence-corrected chi connectivity index (χ2v) is 3.57. The van der Waals surface area contributed by atoms with Gasteiger partial charge in [0.05, 0.1) is 26.8 Å². The van der Waals surface area contributed by atoms with Crippen LogP contribution in [0.2, 0.25) is 0 Å². The number of hydrogen-bond donors (Lipinski definition) is 0. The summed E-state index contributed by atoms with van der Waals surface area (Å²) in [4.78, 5) is 0. The van der Waals surface area contributed by atoms with Gasteiger partial charge in [0.15, 0.2) is 0 Å². The summed E-state index contributed by atoms with van der Waals surface area (Å²) in [7, 11) is 5.76. The number of hydrogen-bond acceptors (Lipinski definition) is 1. The monoisotopic (exact) mass is 203 g/mol. The Labute approximate surface area is 89.5 Å². The maximum Gasteiger partial charge on any atom is 0.288 e. The van der Waals surface area contributed by atoms with E-state index >= 15 is 0 Å². The topological polar surface area (TPSA) is 18.0 Å². The SMILES string of the molecule is COc1ccc(-c2n(C)cc[n+]2C)cc1. The molecular weight excluding hydrogens is 188 g/mol. The summed E-state index contributed by atoms with van der Waals surface area (Å²) in [5, 5.41) is 0. The van der Waals surface area contributed by atoms with E-state index in [1.807, 2.05) is 38.6 Å². The third kappa shape index (κ3) is 1.73. The zero-order valence-electron chi connectivity index (χ0n) is 9.27. The lowest BCUT2D eigenvalue weighted by Crippen LogP contribution is -2.28. The molecule has 0 amide bonds. The van der Waals surface area contributed by atoms with Crippen LogP contribution in [-0.4, -0.2) is 11.7 Å². The van der Waals surface area contributed by atoms with Crippen molar-refractivity contribution in [3.8, 4) is 17.1 Å². The first-order valence-corrected chi connectivity index (χ1v) is 4.88. The predicted octanol–water partition coefficient (Wildman–Crippen LogP) is 1.53. The zero-order chi connectivity index (χ0) is 10.8. The van der Waals surface area contributed by atoms with E-state index in [2.05, 4.69) is 21.3 Å². The van der Waals surface area contributed by atoms with Gasteiger partial charge in [0.1, 0.15) is 18.1 Å². The molecule has 15 heavy (non-hydrogen) atoms. The fraction of sp³-hybridized carbons (Fsp3) is 0.250. The molecule has 0 radical (unpaired) electrons. The van der Waals surface area contributed by atoms with Gasteiger partial charge in [-0.25, -0.2) is 9.13 Å². The standard InChI is InChI=1S/C12H15N2O/c1-13-8-9-14(2)12(13)10-4-6-11(15-3)7-5-10/h4-9H,1-3H3/q+1. The summed E-state index contributed by atoms with van der Waals surface area (Å²) < 4.78 is 9.33. The molecule has 0 fully saturated rings. The zero-order valence-corrected chi connectivity index (χ0v) is 9.27. The third-order valence-electron chi connectivity index (χ3n) is 2.53. The van der Waals surface area contributed by atoms with E-state index in [1.165, 1.54) is 11.4 Å². The Bertz CT molecular complexity index is 437. The second-order valence-electron chi connectivity index (χ2n) is 3.57. The summed E-state index contributed by atoms with van der Waals surface area (Å²) in [5.41, 5.74) is 1.19. The average Bonchev–Trinajstić information content (AvgIpc) is 2.59. The van der Waals surface area contributed by atoms with Crippen LogP contribution in [0.1, 0.15) is 0 Å². The lowest BCUT2D eigenvalue weighted by Gasteiger charge is -2.01. The number of nitrogens with zero attached hydrogens (tertiary/aromatic N) is 2. The average molecular weight is 203 g/mol. The van der Waals surface area contributed by atoms with E-state index in [0.717, 1.165) is 5.75 Å². The van der Waals surface area contributed by atoms with Gasteiger partial charge in [0.25, 0.3) is 5.82 Å². The van der Waals surface area contributed by atoms with Gasteiger partial charge >= 0.3 is 0 Å². The Morgan fingerprint density at radius 2 is 1.87 bits per heavy atom. The van der Waals surface area contributed by atoms with Crippen molar-refractivity contribution in [1.29, 1.82) is 0 Å². The molecule has 0 saturated heterocycles. The van der Waals surface area contributed by atoms with Crippen LogP contribution >= 0.6 is 0 Å². The number of aromatic nitrogens is 2. The highest BCUT2D eigenvalue weighted by Gasteiger charge is 2.13. The smallest absolute Gasteiger partial charge is 0.288 e. The summed E-state index contributed by atoms with van der Waals surface area (Å²) >= 11 is 0. The molecule has 2 aromatic rings. The Kier molecular flexibility index (Phi) is 2.46. The molecule has 0 aliphatic carbocycles. The molecule has 0 bridgehead atoms. The molecule has 0 spiro atoms. The molecule has 1 heterocycles. The Hall–Kier alpha value is -1.77.